The zero-order valence-corrected chi connectivity index (χ0v) is 11.4. The Morgan fingerprint density at radius 1 is 1.24 bits per heavy atom. The van der Waals surface area contributed by atoms with Crippen molar-refractivity contribution in [2.75, 3.05) is 12.4 Å². The van der Waals surface area contributed by atoms with Gasteiger partial charge in [-0.1, -0.05) is 6.07 Å². The highest BCUT2D eigenvalue weighted by Gasteiger charge is 2.21. The number of ether oxygens (including phenoxy) is 2. The molecule has 0 spiro atoms. The van der Waals surface area contributed by atoms with Gasteiger partial charge >= 0.3 is 5.97 Å². The summed E-state index contributed by atoms with van der Waals surface area (Å²) >= 11 is 0. The second-order valence-corrected chi connectivity index (χ2v) is 4.63. The summed E-state index contributed by atoms with van der Waals surface area (Å²) < 4.78 is 10.0. The van der Waals surface area contributed by atoms with Crippen molar-refractivity contribution in [1.82, 2.24) is 0 Å². The molecule has 0 fully saturated rings. The topological polar surface area (TPSA) is 64.6 Å². The fourth-order valence-corrected chi connectivity index (χ4v) is 2.18. The van der Waals surface area contributed by atoms with Crippen LogP contribution in [-0.2, 0) is 11.3 Å². The average Bonchev–Trinajstić information content (AvgIpc) is 2.88. The molecular formula is C16H13NO4. The zero-order chi connectivity index (χ0) is 14.8. The first-order valence-electron chi connectivity index (χ1n) is 6.43. The third kappa shape index (κ3) is 2.58. The molecule has 1 amide bonds. The van der Waals surface area contributed by atoms with E-state index in [-0.39, 0.29) is 18.5 Å². The van der Waals surface area contributed by atoms with E-state index in [0.717, 1.165) is 5.56 Å². The number of cyclic esters (lactones) is 1. The van der Waals surface area contributed by atoms with Gasteiger partial charge in [0, 0.05) is 16.8 Å². The molecule has 1 heterocycles. The number of fused-ring (bicyclic) bond motifs is 1. The minimum atomic E-state index is -0.323. The van der Waals surface area contributed by atoms with Crippen LogP contribution in [-0.4, -0.2) is 19.0 Å². The van der Waals surface area contributed by atoms with Crippen LogP contribution in [0.15, 0.2) is 42.5 Å². The Hall–Kier alpha value is -2.82. The molecule has 21 heavy (non-hydrogen) atoms. The van der Waals surface area contributed by atoms with Gasteiger partial charge < -0.3 is 14.8 Å². The van der Waals surface area contributed by atoms with Gasteiger partial charge in [-0.05, 0) is 36.4 Å². The van der Waals surface area contributed by atoms with Crippen LogP contribution in [0.4, 0.5) is 5.69 Å². The number of carbonyl (C=O) groups excluding carboxylic acids is 2. The Labute approximate surface area is 121 Å². The largest absolute Gasteiger partial charge is 0.497 e. The molecule has 0 radical (unpaired) electrons. The zero-order valence-electron chi connectivity index (χ0n) is 11.4. The summed E-state index contributed by atoms with van der Waals surface area (Å²) in [6, 6.07) is 12.0. The van der Waals surface area contributed by atoms with Crippen LogP contribution in [0, 0.1) is 0 Å². The number of nitrogens with one attached hydrogen (secondary N) is 1. The third-order valence-corrected chi connectivity index (χ3v) is 3.27. The molecular weight excluding hydrogens is 270 g/mol. The summed E-state index contributed by atoms with van der Waals surface area (Å²) in [5.41, 5.74) is 2.46. The smallest absolute Gasteiger partial charge is 0.338 e. The van der Waals surface area contributed by atoms with Gasteiger partial charge in [0.05, 0.1) is 12.7 Å². The van der Waals surface area contributed by atoms with Crippen molar-refractivity contribution in [1.29, 1.82) is 0 Å². The summed E-state index contributed by atoms with van der Waals surface area (Å²) in [4.78, 5) is 23.5. The number of methoxy groups -OCH3 is 1. The first-order valence-corrected chi connectivity index (χ1v) is 6.43. The van der Waals surface area contributed by atoms with Crippen molar-refractivity contribution < 1.29 is 19.1 Å². The van der Waals surface area contributed by atoms with E-state index in [9.17, 15) is 9.59 Å². The molecule has 0 unspecified atom stereocenters. The molecule has 5 nitrogen and oxygen atoms in total. The second kappa shape index (κ2) is 5.28. The molecule has 0 atom stereocenters. The van der Waals surface area contributed by atoms with Crippen LogP contribution in [0.5, 0.6) is 5.75 Å². The Bertz CT molecular complexity index is 724. The number of hydrogen-bond donors (Lipinski definition) is 1. The number of anilines is 1. The highest BCUT2D eigenvalue weighted by atomic mass is 16.5. The van der Waals surface area contributed by atoms with E-state index in [2.05, 4.69) is 5.32 Å². The highest BCUT2D eigenvalue weighted by molar-refractivity contribution is 6.05. The lowest BCUT2D eigenvalue weighted by molar-refractivity contribution is 0.0535. The first-order chi connectivity index (χ1) is 10.2. The molecule has 5 heteroatoms. The lowest BCUT2D eigenvalue weighted by Crippen LogP contribution is -2.12. The van der Waals surface area contributed by atoms with Crippen LogP contribution in [0.2, 0.25) is 0 Å². The molecule has 1 aliphatic heterocycles. The summed E-state index contributed by atoms with van der Waals surface area (Å²) in [5.74, 6) is 0.0605. The maximum absolute atomic E-state index is 12.2. The van der Waals surface area contributed by atoms with Crippen molar-refractivity contribution in [3.8, 4) is 5.75 Å². The quantitative estimate of drug-likeness (QED) is 0.879. The molecule has 2 aromatic rings. The number of amides is 1. The average molecular weight is 283 g/mol. The van der Waals surface area contributed by atoms with E-state index in [0.29, 0.717) is 22.6 Å². The van der Waals surface area contributed by atoms with Gasteiger partial charge in [0.1, 0.15) is 12.4 Å². The Kier molecular flexibility index (Phi) is 3.31. The molecule has 2 aromatic carbocycles. The second-order valence-electron chi connectivity index (χ2n) is 4.63. The maximum Gasteiger partial charge on any atom is 0.338 e. The summed E-state index contributed by atoms with van der Waals surface area (Å²) in [7, 11) is 1.55. The van der Waals surface area contributed by atoms with Crippen LogP contribution < -0.4 is 10.1 Å². The van der Waals surface area contributed by atoms with Crippen LogP contribution >= 0.6 is 0 Å². The summed E-state index contributed by atoms with van der Waals surface area (Å²) in [6.07, 6.45) is 0. The lowest BCUT2D eigenvalue weighted by atomic mass is 10.1. The van der Waals surface area contributed by atoms with E-state index in [1.165, 1.54) is 0 Å². The van der Waals surface area contributed by atoms with Gasteiger partial charge in [-0.15, -0.1) is 0 Å². The number of rotatable bonds is 3. The van der Waals surface area contributed by atoms with Crippen molar-refractivity contribution in [2.24, 2.45) is 0 Å². The van der Waals surface area contributed by atoms with E-state index in [1.54, 1.807) is 49.6 Å². The van der Waals surface area contributed by atoms with Crippen LogP contribution in [0.1, 0.15) is 26.3 Å². The molecule has 1 aliphatic rings. The fraction of sp³-hybridized carbons (Fsp3) is 0.125. The third-order valence-electron chi connectivity index (χ3n) is 3.27. The van der Waals surface area contributed by atoms with Gasteiger partial charge in [0.15, 0.2) is 0 Å². The molecule has 106 valence electrons. The van der Waals surface area contributed by atoms with Gasteiger partial charge in [-0.3, -0.25) is 4.79 Å². The van der Waals surface area contributed by atoms with E-state index < -0.39 is 0 Å². The number of carbonyl (C=O) groups is 2. The Morgan fingerprint density at radius 3 is 2.90 bits per heavy atom. The minimum absolute atomic E-state index is 0.237. The molecule has 3 rings (SSSR count). The molecule has 0 bridgehead atoms. The molecule has 0 saturated carbocycles. The standard InChI is InChI=1S/C16H13NO4/c1-20-13-4-2-3-10(8-13)15(18)17-12-5-6-14-11(7-12)9-21-16(14)19/h2-8H,9H2,1H3,(H,17,18). The van der Waals surface area contributed by atoms with Crippen molar-refractivity contribution in [2.45, 2.75) is 6.61 Å². The Morgan fingerprint density at radius 2 is 2.10 bits per heavy atom. The van der Waals surface area contributed by atoms with Gasteiger partial charge in [-0.2, -0.15) is 0 Å². The van der Waals surface area contributed by atoms with Gasteiger partial charge in [-0.25, -0.2) is 4.79 Å². The van der Waals surface area contributed by atoms with Crippen molar-refractivity contribution >= 4 is 17.6 Å². The van der Waals surface area contributed by atoms with E-state index >= 15 is 0 Å². The van der Waals surface area contributed by atoms with Crippen molar-refractivity contribution in [3.05, 3.63) is 59.2 Å². The number of hydrogen-bond acceptors (Lipinski definition) is 4. The van der Waals surface area contributed by atoms with Crippen LogP contribution in [0.3, 0.4) is 0 Å². The summed E-state index contributed by atoms with van der Waals surface area (Å²) in [5, 5.41) is 2.79. The highest BCUT2D eigenvalue weighted by Crippen LogP contribution is 2.24. The first kappa shape index (κ1) is 13.2. The van der Waals surface area contributed by atoms with Gasteiger partial charge in [0.2, 0.25) is 0 Å². The number of benzene rings is 2. The molecule has 0 aromatic heterocycles. The predicted molar refractivity (Wildman–Crippen MR) is 76.5 cm³/mol. The van der Waals surface area contributed by atoms with E-state index in [4.69, 9.17) is 9.47 Å². The SMILES string of the molecule is COc1cccc(C(=O)Nc2ccc3c(c2)COC3=O)c1. The number of esters is 1. The normalized spacial score (nSPS) is 12.5. The van der Waals surface area contributed by atoms with Crippen LogP contribution in [0.25, 0.3) is 0 Å². The minimum Gasteiger partial charge on any atom is -0.497 e. The van der Waals surface area contributed by atoms with Gasteiger partial charge in [0.25, 0.3) is 5.91 Å². The molecule has 1 N–H and O–H groups in total. The monoisotopic (exact) mass is 283 g/mol. The maximum atomic E-state index is 12.2. The van der Waals surface area contributed by atoms with E-state index in [1.807, 2.05) is 0 Å². The fourth-order valence-electron chi connectivity index (χ4n) is 2.18. The van der Waals surface area contributed by atoms with Crippen molar-refractivity contribution in [3.63, 3.8) is 0 Å². The lowest BCUT2D eigenvalue weighted by Gasteiger charge is -2.07. The summed E-state index contributed by atoms with van der Waals surface area (Å²) in [6.45, 7) is 0.247. The Balaban J connectivity index is 1.80. The molecule has 0 saturated heterocycles. The molecule has 0 aliphatic carbocycles. The predicted octanol–water partition coefficient (Wildman–Crippen LogP) is 2.62.